The zero-order chi connectivity index (χ0) is 18.0. The van der Waals surface area contributed by atoms with Crippen LogP contribution < -0.4 is 9.47 Å². The second kappa shape index (κ2) is 7.23. The maximum Gasteiger partial charge on any atom is 0.243 e. The van der Waals surface area contributed by atoms with Crippen LogP contribution in [0.25, 0.3) is 0 Å². The molecular weight excluding hydrogens is 362 g/mol. The fourth-order valence-electron chi connectivity index (χ4n) is 3.20. The van der Waals surface area contributed by atoms with Gasteiger partial charge in [-0.25, -0.2) is 8.42 Å². The van der Waals surface area contributed by atoms with E-state index >= 15 is 0 Å². The van der Waals surface area contributed by atoms with Crippen LogP contribution >= 0.6 is 11.6 Å². The highest BCUT2D eigenvalue weighted by molar-refractivity contribution is 7.89. The van der Waals surface area contributed by atoms with Crippen LogP contribution in [0.4, 0.5) is 0 Å². The molecule has 2 aromatic carbocycles. The van der Waals surface area contributed by atoms with Gasteiger partial charge in [0.15, 0.2) is 0 Å². The van der Waals surface area contributed by atoms with E-state index in [-0.39, 0.29) is 10.9 Å². The van der Waals surface area contributed by atoms with Crippen LogP contribution in [0.1, 0.15) is 24.4 Å². The highest BCUT2D eigenvalue weighted by Crippen LogP contribution is 2.41. The van der Waals surface area contributed by atoms with Crippen molar-refractivity contribution in [3.8, 4) is 11.5 Å². The van der Waals surface area contributed by atoms with Gasteiger partial charge >= 0.3 is 0 Å². The molecule has 0 aromatic heterocycles. The molecule has 2 aromatic rings. The third kappa shape index (κ3) is 3.47. The third-order valence-corrected chi connectivity index (χ3v) is 6.54. The average Bonchev–Trinajstić information content (AvgIpc) is 3.11. The van der Waals surface area contributed by atoms with Crippen molar-refractivity contribution in [2.24, 2.45) is 0 Å². The van der Waals surface area contributed by atoms with Crippen molar-refractivity contribution in [3.05, 3.63) is 53.1 Å². The molecule has 1 unspecified atom stereocenters. The van der Waals surface area contributed by atoms with E-state index in [1.807, 2.05) is 6.07 Å². The number of halogens is 1. The zero-order valence-corrected chi connectivity index (χ0v) is 15.7. The molecule has 1 fully saturated rings. The molecule has 3 rings (SSSR count). The monoisotopic (exact) mass is 381 g/mol. The Bertz CT molecular complexity index is 869. The first-order valence-corrected chi connectivity index (χ1v) is 9.78. The van der Waals surface area contributed by atoms with Crippen LogP contribution in [0, 0.1) is 0 Å². The Morgan fingerprint density at radius 2 is 1.92 bits per heavy atom. The molecule has 0 saturated carbocycles. The smallest absolute Gasteiger partial charge is 0.243 e. The standard InChI is InChI=1S/C18H20ClNO4S/c1-23-14-8-9-18(24-2)16(12-14)17-7-4-10-20(17)25(21,22)15-6-3-5-13(19)11-15/h3,5-6,8-9,11-12,17H,4,7,10H2,1-2H3. The van der Waals surface area contributed by atoms with E-state index in [4.69, 9.17) is 21.1 Å². The third-order valence-electron chi connectivity index (χ3n) is 4.40. The predicted molar refractivity (Wildman–Crippen MR) is 96.9 cm³/mol. The molecule has 25 heavy (non-hydrogen) atoms. The minimum absolute atomic E-state index is 0.203. The Morgan fingerprint density at radius 3 is 2.60 bits per heavy atom. The lowest BCUT2D eigenvalue weighted by Gasteiger charge is -2.26. The second-order valence-electron chi connectivity index (χ2n) is 5.84. The largest absolute Gasteiger partial charge is 0.497 e. The van der Waals surface area contributed by atoms with Gasteiger partial charge < -0.3 is 9.47 Å². The normalized spacial score (nSPS) is 18.3. The number of benzene rings is 2. The fraction of sp³-hybridized carbons (Fsp3) is 0.333. The number of rotatable bonds is 5. The summed E-state index contributed by atoms with van der Waals surface area (Å²) in [5, 5.41) is 0.399. The molecule has 7 heteroatoms. The van der Waals surface area contributed by atoms with Gasteiger partial charge in [0, 0.05) is 17.1 Å². The van der Waals surface area contributed by atoms with Crippen LogP contribution in [0.5, 0.6) is 11.5 Å². The van der Waals surface area contributed by atoms with Crippen LogP contribution in [0.2, 0.25) is 5.02 Å². The van der Waals surface area contributed by atoms with Gasteiger partial charge in [0.1, 0.15) is 11.5 Å². The van der Waals surface area contributed by atoms with E-state index < -0.39 is 10.0 Å². The number of ether oxygens (including phenoxy) is 2. The van der Waals surface area contributed by atoms with E-state index in [0.717, 1.165) is 18.4 Å². The lowest BCUT2D eigenvalue weighted by Crippen LogP contribution is -2.31. The molecule has 1 saturated heterocycles. The summed E-state index contributed by atoms with van der Waals surface area (Å²) in [4.78, 5) is 0.203. The van der Waals surface area contributed by atoms with E-state index in [1.54, 1.807) is 44.6 Å². The van der Waals surface area contributed by atoms with Crippen LogP contribution in [0.3, 0.4) is 0 Å². The fourth-order valence-corrected chi connectivity index (χ4v) is 5.18. The van der Waals surface area contributed by atoms with Gasteiger partial charge in [-0.2, -0.15) is 4.31 Å². The van der Waals surface area contributed by atoms with Crippen molar-refractivity contribution in [2.45, 2.75) is 23.8 Å². The summed E-state index contributed by atoms with van der Waals surface area (Å²) in [5.74, 6) is 1.32. The number of hydrogen-bond acceptors (Lipinski definition) is 4. The Labute approximate surface area is 153 Å². The van der Waals surface area contributed by atoms with Gasteiger partial charge in [0.2, 0.25) is 10.0 Å². The lowest BCUT2D eigenvalue weighted by molar-refractivity contribution is 0.361. The molecule has 0 amide bonds. The zero-order valence-electron chi connectivity index (χ0n) is 14.1. The maximum atomic E-state index is 13.1. The summed E-state index contributed by atoms with van der Waals surface area (Å²) in [6.07, 6.45) is 1.51. The van der Waals surface area contributed by atoms with Crippen molar-refractivity contribution in [1.82, 2.24) is 4.31 Å². The van der Waals surface area contributed by atoms with Crippen molar-refractivity contribution in [3.63, 3.8) is 0 Å². The van der Waals surface area contributed by atoms with E-state index in [9.17, 15) is 8.42 Å². The average molecular weight is 382 g/mol. The summed E-state index contributed by atoms with van der Waals surface area (Å²) in [7, 11) is -0.487. The Kier molecular flexibility index (Phi) is 5.22. The first kappa shape index (κ1) is 18.0. The van der Waals surface area contributed by atoms with E-state index in [1.165, 1.54) is 10.4 Å². The molecule has 0 aliphatic carbocycles. The molecule has 1 atom stereocenters. The summed E-state index contributed by atoms with van der Waals surface area (Å²) >= 11 is 5.98. The van der Waals surface area contributed by atoms with Gasteiger partial charge in [-0.1, -0.05) is 17.7 Å². The SMILES string of the molecule is COc1ccc(OC)c(C2CCCN2S(=O)(=O)c2cccc(Cl)c2)c1. The van der Waals surface area contributed by atoms with Gasteiger partial charge in [-0.05, 0) is 49.2 Å². The summed E-state index contributed by atoms with van der Waals surface area (Å²) in [5.41, 5.74) is 0.810. The number of sulfonamides is 1. The second-order valence-corrected chi connectivity index (χ2v) is 8.17. The number of hydrogen-bond donors (Lipinski definition) is 0. The molecule has 134 valence electrons. The summed E-state index contributed by atoms with van der Waals surface area (Å²) in [6, 6.07) is 11.5. The van der Waals surface area contributed by atoms with Gasteiger partial charge in [-0.3, -0.25) is 0 Å². The van der Waals surface area contributed by atoms with E-state index in [2.05, 4.69) is 0 Å². The van der Waals surface area contributed by atoms with Gasteiger partial charge in [0.05, 0.1) is 25.2 Å². The molecule has 0 N–H and O–H groups in total. The molecule has 5 nitrogen and oxygen atoms in total. The molecule has 0 bridgehead atoms. The molecule has 1 aliphatic rings. The van der Waals surface area contributed by atoms with Crippen LogP contribution in [0.15, 0.2) is 47.4 Å². The summed E-state index contributed by atoms with van der Waals surface area (Å²) in [6.45, 7) is 0.458. The topological polar surface area (TPSA) is 55.8 Å². The van der Waals surface area contributed by atoms with Crippen molar-refractivity contribution in [1.29, 1.82) is 0 Å². The van der Waals surface area contributed by atoms with Gasteiger partial charge in [-0.15, -0.1) is 0 Å². The first-order chi connectivity index (χ1) is 12.0. The Hall–Kier alpha value is -1.76. The molecule has 0 spiro atoms. The van der Waals surface area contributed by atoms with Crippen molar-refractivity contribution < 1.29 is 17.9 Å². The van der Waals surface area contributed by atoms with Gasteiger partial charge in [0.25, 0.3) is 0 Å². The van der Waals surface area contributed by atoms with Crippen molar-refractivity contribution in [2.75, 3.05) is 20.8 Å². The highest BCUT2D eigenvalue weighted by Gasteiger charge is 2.37. The molecule has 1 heterocycles. The quantitative estimate of drug-likeness (QED) is 0.788. The molecule has 1 aliphatic heterocycles. The number of nitrogens with zero attached hydrogens (tertiary/aromatic N) is 1. The molecular formula is C18H20ClNO4S. The molecule has 0 radical (unpaired) electrons. The lowest BCUT2D eigenvalue weighted by atomic mass is 10.0. The van der Waals surface area contributed by atoms with E-state index in [0.29, 0.717) is 23.1 Å². The minimum Gasteiger partial charge on any atom is -0.497 e. The predicted octanol–water partition coefficient (Wildman–Crippen LogP) is 3.88. The van der Waals surface area contributed by atoms with Crippen LogP contribution in [-0.2, 0) is 10.0 Å². The maximum absolute atomic E-state index is 13.1. The highest BCUT2D eigenvalue weighted by atomic mass is 35.5. The Balaban J connectivity index is 2.04. The number of methoxy groups -OCH3 is 2. The first-order valence-electron chi connectivity index (χ1n) is 7.96. The minimum atomic E-state index is -3.65. The summed E-state index contributed by atoms with van der Waals surface area (Å²) < 4.78 is 38.5. The van der Waals surface area contributed by atoms with Crippen LogP contribution in [-0.4, -0.2) is 33.5 Å². The Morgan fingerprint density at radius 1 is 1.12 bits per heavy atom. The van der Waals surface area contributed by atoms with Crippen molar-refractivity contribution >= 4 is 21.6 Å².